The van der Waals surface area contributed by atoms with Gasteiger partial charge in [-0.15, -0.1) is 11.3 Å². The molecule has 0 saturated heterocycles. The molecule has 1 aliphatic carbocycles. The topological polar surface area (TPSA) is 3.24 Å². The predicted octanol–water partition coefficient (Wildman–Crippen LogP) is 18.1. The van der Waals surface area contributed by atoms with E-state index in [1.165, 1.54) is 108 Å². The highest BCUT2D eigenvalue weighted by molar-refractivity contribution is 7.25. The Morgan fingerprint density at radius 1 is 0.299 bits per heavy atom. The van der Waals surface area contributed by atoms with Crippen LogP contribution in [0.2, 0.25) is 0 Å². The van der Waals surface area contributed by atoms with Crippen molar-refractivity contribution < 1.29 is 0 Å². The van der Waals surface area contributed by atoms with Gasteiger partial charge >= 0.3 is 0 Å². The van der Waals surface area contributed by atoms with E-state index in [1.807, 2.05) is 11.3 Å². The fourth-order valence-electron chi connectivity index (χ4n) is 11.5. The van der Waals surface area contributed by atoms with Crippen molar-refractivity contribution in [1.29, 1.82) is 0 Å². The van der Waals surface area contributed by atoms with E-state index in [9.17, 15) is 0 Å². The Labute approximate surface area is 393 Å². The average molecular weight is 868 g/mol. The summed E-state index contributed by atoms with van der Waals surface area (Å²) in [4.78, 5) is 2.41. The fraction of sp³-hybridized carbons (Fsp3) is 0.0154. The van der Waals surface area contributed by atoms with Crippen molar-refractivity contribution in [3.8, 4) is 33.4 Å². The Kier molecular flexibility index (Phi) is 8.44. The minimum Gasteiger partial charge on any atom is -0.311 e. The van der Waals surface area contributed by atoms with Crippen LogP contribution >= 0.6 is 11.3 Å². The number of rotatable bonds is 7. The van der Waals surface area contributed by atoms with Crippen molar-refractivity contribution in [2.75, 3.05) is 4.90 Å². The molecule has 0 aliphatic heterocycles. The molecule has 13 aromatic rings. The lowest BCUT2D eigenvalue weighted by atomic mass is 9.68. The molecule has 2 heteroatoms. The number of benzene rings is 12. The van der Waals surface area contributed by atoms with Gasteiger partial charge in [-0.25, -0.2) is 0 Å². The van der Waals surface area contributed by atoms with Gasteiger partial charge in [0.1, 0.15) is 0 Å². The lowest BCUT2D eigenvalue weighted by Crippen LogP contribution is -2.28. The highest BCUT2D eigenvalue weighted by atomic mass is 32.1. The van der Waals surface area contributed by atoms with E-state index in [1.54, 1.807) is 0 Å². The van der Waals surface area contributed by atoms with Crippen LogP contribution in [0.5, 0.6) is 0 Å². The summed E-state index contributed by atoms with van der Waals surface area (Å²) in [6.07, 6.45) is 0. The molecule has 0 bridgehead atoms. The molecule has 0 amide bonds. The predicted molar refractivity (Wildman–Crippen MR) is 286 cm³/mol. The van der Waals surface area contributed by atoms with Gasteiger partial charge in [0.05, 0.1) is 5.41 Å². The quantitative estimate of drug-likeness (QED) is 0.144. The molecule has 0 atom stereocenters. The second-order valence-corrected chi connectivity index (χ2v) is 19.0. The molecule has 1 nitrogen and oxygen atoms in total. The molecule has 0 saturated carbocycles. The van der Waals surface area contributed by atoms with E-state index in [0.717, 1.165) is 17.1 Å². The Morgan fingerprint density at radius 2 is 0.821 bits per heavy atom. The van der Waals surface area contributed by atoms with Gasteiger partial charge in [-0.2, -0.15) is 0 Å². The van der Waals surface area contributed by atoms with Crippen molar-refractivity contribution >= 4 is 80.9 Å². The standard InChI is InChI=1S/C65H41NS/c1-2-13-48(14-3-1)65(59-18-7-4-15-54(59)55-16-5-8-19-60(55)65)49-30-36-52(37-31-49)66(50-32-23-42(24-33-50)47-29-40-62-58(41-47)56-17-6-9-20-61(56)67-62)51-34-25-43(26-35-51)53-38-27-46-22-21-44-11-10-12-45-28-39-57(53)64(46)63(44)45/h1-41H. The second-order valence-electron chi connectivity index (χ2n) is 18.0. The summed E-state index contributed by atoms with van der Waals surface area (Å²) in [6.45, 7) is 0. The molecule has 0 unspecified atom stereocenters. The van der Waals surface area contributed by atoms with Crippen LogP contribution in [0.1, 0.15) is 22.3 Å². The van der Waals surface area contributed by atoms with Crippen LogP contribution < -0.4 is 4.90 Å². The van der Waals surface area contributed by atoms with Crippen LogP contribution in [-0.2, 0) is 5.41 Å². The molecule has 0 radical (unpaired) electrons. The molecular weight excluding hydrogens is 827 g/mol. The summed E-state index contributed by atoms with van der Waals surface area (Å²) >= 11 is 1.86. The Balaban J connectivity index is 0.902. The maximum atomic E-state index is 2.41. The monoisotopic (exact) mass is 867 g/mol. The maximum absolute atomic E-state index is 2.41. The summed E-state index contributed by atoms with van der Waals surface area (Å²) in [7, 11) is 0. The molecule has 312 valence electrons. The van der Waals surface area contributed by atoms with Crippen LogP contribution in [0.4, 0.5) is 17.1 Å². The SMILES string of the molecule is c1ccc(C2(c3ccc(N(c4ccc(-c5ccc6sc7ccccc7c6c5)cc4)c4ccc(-c5ccc6ccc7cccc8ccc5c6c78)cc4)cc3)c3ccccc3-c3ccccc32)cc1. The molecule has 0 fully saturated rings. The molecule has 1 aromatic heterocycles. The van der Waals surface area contributed by atoms with Gasteiger partial charge in [0, 0.05) is 37.2 Å². The van der Waals surface area contributed by atoms with Gasteiger partial charge in [0.15, 0.2) is 0 Å². The molecule has 14 rings (SSSR count). The minimum absolute atomic E-state index is 0.462. The molecule has 0 N–H and O–H groups in total. The first-order valence-electron chi connectivity index (χ1n) is 23.2. The van der Waals surface area contributed by atoms with Gasteiger partial charge in [-0.1, -0.05) is 194 Å². The van der Waals surface area contributed by atoms with Gasteiger partial charge in [-0.3, -0.25) is 0 Å². The molecular formula is C65H41NS. The largest absolute Gasteiger partial charge is 0.311 e. The summed E-state index contributed by atoms with van der Waals surface area (Å²) in [6, 6.07) is 92.6. The van der Waals surface area contributed by atoms with Crippen LogP contribution in [0.15, 0.2) is 249 Å². The van der Waals surface area contributed by atoms with Crippen molar-refractivity contribution in [1.82, 2.24) is 0 Å². The first-order valence-corrected chi connectivity index (χ1v) is 24.0. The van der Waals surface area contributed by atoms with Gasteiger partial charge < -0.3 is 4.90 Å². The summed E-state index contributed by atoms with van der Waals surface area (Å²) < 4.78 is 2.65. The molecule has 1 heterocycles. The number of nitrogens with zero attached hydrogens (tertiary/aromatic N) is 1. The maximum Gasteiger partial charge on any atom is 0.0713 e. The average Bonchev–Trinajstić information content (AvgIpc) is 3.93. The summed E-state index contributed by atoms with van der Waals surface area (Å²) in [5, 5.41) is 10.4. The van der Waals surface area contributed by atoms with E-state index >= 15 is 0 Å². The molecule has 0 spiro atoms. The highest BCUT2D eigenvalue weighted by Crippen LogP contribution is 2.56. The van der Waals surface area contributed by atoms with Crippen LogP contribution in [0, 0.1) is 0 Å². The number of thiophene rings is 1. The minimum atomic E-state index is -0.462. The lowest BCUT2D eigenvalue weighted by molar-refractivity contribution is 0.768. The van der Waals surface area contributed by atoms with Crippen molar-refractivity contribution in [2.45, 2.75) is 5.41 Å². The lowest BCUT2D eigenvalue weighted by Gasteiger charge is -2.34. The zero-order chi connectivity index (χ0) is 44.1. The zero-order valence-corrected chi connectivity index (χ0v) is 37.3. The first kappa shape index (κ1) is 38.0. The van der Waals surface area contributed by atoms with Gasteiger partial charge in [-0.05, 0) is 143 Å². The fourth-order valence-corrected chi connectivity index (χ4v) is 12.6. The summed E-state index contributed by atoms with van der Waals surface area (Å²) in [5.74, 6) is 0. The molecule has 1 aliphatic rings. The van der Waals surface area contributed by atoms with Crippen molar-refractivity contribution in [3.63, 3.8) is 0 Å². The van der Waals surface area contributed by atoms with Crippen molar-refractivity contribution in [2.24, 2.45) is 0 Å². The third-order valence-corrected chi connectivity index (χ3v) is 15.7. The van der Waals surface area contributed by atoms with Gasteiger partial charge in [0.2, 0.25) is 0 Å². The number of fused-ring (bicyclic) bond motifs is 6. The number of anilines is 3. The smallest absolute Gasteiger partial charge is 0.0713 e. The Bertz CT molecular complexity index is 3950. The molecule has 67 heavy (non-hydrogen) atoms. The van der Waals surface area contributed by atoms with E-state index in [0.29, 0.717) is 0 Å². The van der Waals surface area contributed by atoms with Crippen LogP contribution in [0.25, 0.3) is 85.9 Å². The number of hydrogen-bond donors (Lipinski definition) is 0. The van der Waals surface area contributed by atoms with E-state index < -0.39 is 5.41 Å². The molecule has 12 aromatic carbocycles. The Hall–Kier alpha value is -8.30. The third kappa shape index (κ3) is 5.73. The second kappa shape index (κ2) is 14.9. The van der Waals surface area contributed by atoms with E-state index in [-0.39, 0.29) is 0 Å². The van der Waals surface area contributed by atoms with Crippen LogP contribution in [0.3, 0.4) is 0 Å². The van der Waals surface area contributed by atoms with Gasteiger partial charge in [0.25, 0.3) is 0 Å². The normalized spacial score (nSPS) is 12.9. The van der Waals surface area contributed by atoms with Crippen molar-refractivity contribution in [3.05, 3.63) is 271 Å². The summed E-state index contributed by atoms with van der Waals surface area (Å²) in [5.41, 5.74) is 15.4. The third-order valence-electron chi connectivity index (χ3n) is 14.5. The first-order chi connectivity index (χ1) is 33.2. The van der Waals surface area contributed by atoms with E-state index in [2.05, 4.69) is 254 Å². The Morgan fingerprint density at radius 3 is 1.52 bits per heavy atom. The number of hydrogen-bond acceptors (Lipinski definition) is 2. The van der Waals surface area contributed by atoms with Crippen LogP contribution in [-0.4, -0.2) is 0 Å². The highest BCUT2D eigenvalue weighted by Gasteiger charge is 2.45. The van der Waals surface area contributed by atoms with E-state index in [4.69, 9.17) is 0 Å². The zero-order valence-electron chi connectivity index (χ0n) is 36.5.